The Labute approximate surface area is 126 Å². The number of carbonyl (C=O) groups excluding carboxylic acids is 2. The topological polar surface area (TPSA) is 82.1 Å². The van der Waals surface area contributed by atoms with E-state index in [4.69, 9.17) is 14.0 Å². The molecular formula is C13H26NO6P. The van der Waals surface area contributed by atoms with Gasteiger partial charge < -0.3 is 14.0 Å². The van der Waals surface area contributed by atoms with Gasteiger partial charge in [-0.05, 0) is 27.7 Å². The van der Waals surface area contributed by atoms with Crippen LogP contribution in [0.3, 0.4) is 0 Å². The van der Waals surface area contributed by atoms with Crippen molar-refractivity contribution in [1.29, 1.82) is 0 Å². The Hall–Kier alpha value is -1.07. The largest absolute Gasteiger partial charge is 0.466 e. The molecule has 0 aromatic heterocycles. The number of esters is 1. The van der Waals surface area contributed by atoms with Gasteiger partial charge >= 0.3 is 12.1 Å². The van der Waals surface area contributed by atoms with E-state index in [1.165, 1.54) is 11.6 Å². The number of amides is 1. The second-order valence-electron chi connectivity index (χ2n) is 4.83. The minimum absolute atomic E-state index is 0.0222. The molecule has 0 heterocycles. The van der Waals surface area contributed by atoms with E-state index in [1.807, 2.05) is 0 Å². The van der Waals surface area contributed by atoms with Crippen LogP contribution in [0.25, 0.3) is 0 Å². The summed E-state index contributed by atoms with van der Waals surface area (Å²) in [6.45, 7) is 8.94. The molecule has 0 N–H and O–H groups in total. The molecule has 21 heavy (non-hydrogen) atoms. The molecule has 0 rings (SSSR count). The second-order valence-corrected chi connectivity index (χ2v) is 7.35. The van der Waals surface area contributed by atoms with Gasteiger partial charge in [-0.15, -0.1) is 0 Å². The van der Waals surface area contributed by atoms with Crippen LogP contribution in [-0.2, 0) is 23.4 Å². The van der Waals surface area contributed by atoms with E-state index in [2.05, 4.69) is 0 Å². The first-order valence-electron chi connectivity index (χ1n) is 7.04. The van der Waals surface area contributed by atoms with Crippen LogP contribution < -0.4 is 0 Å². The maximum absolute atomic E-state index is 12.3. The molecule has 0 saturated carbocycles. The summed E-state index contributed by atoms with van der Waals surface area (Å²) < 4.78 is 27.4. The fourth-order valence-corrected chi connectivity index (χ4v) is 3.52. The molecule has 0 aliphatic heterocycles. The molecule has 0 saturated heterocycles. The Morgan fingerprint density at radius 1 is 1.14 bits per heavy atom. The van der Waals surface area contributed by atoms with Gasteiger partial charge in [-0.1, -0.05) is 0 Å². The van der Waals surface area contributed by atoms with Gasteiger partial charge in [-0.25, -0.2) is 4.79 Å². The van der Waals surface area contributed by atoms with Crippen LogP contribution in [-0.4, -0.2) is 55.8 Å². The van der Waals surface area contributed by atoms with E-state index >= 15 is 0 Å². The van der Waals surface area contributed by atoms with Crippen molar-refractivity contribution in [2.45, 2.75) is 40.2 Å². The SMILES string of the molecule is CCOC(=O)CCN(CP(C)(=O)OC(C)C)C(=O)OCC. The molecule has 0 aliphatic rings. The van der Waals surface area contributed by atoms with Crippen LogP contribution in [0.4, 0.5) is 4.79 Å². The predicted octanol–water partition coefficient (Wildman–Crippen LogP) is 2.69. The van der Waals surface area contributed by atoms with Crippen LogP contribution in [0.15, 0.2) is 0 Å². The van der Waals surface area contributed by atoms with E-state index in [1.54, 1.807) is 27.7 Å². The van der Waals surface area contributed by atoms with Crippen LogP contribution in [0.2, 0.25) is 0 Å². The number of hydrogen-bond donors (Lipinski definition) is 0. The highest BCUT2D eigenvalue weighted by Crippen LogP contribution is 2.44. The Kier molecular flexibility index (Phi) is 9.29. The lowest BCUT2D eigenvalue weighted by atomic mass is 10.4. The molecule has 1 unspecified atom stereocenters. The molecular weight excluding hydrogens is 297 g/mol. The summed E-state index contributed by atoms with van der Waals surface area (Å²) in [6.07, 6.45) is -0.899. The van der Waals surface area contributed by atoms with Gasteiger partial charge in [0.2, 0.25) is 7.37 Å². The van der Waals surface area contributed by atoms with E-state index in [0.717, 1.165) is 0 Å². The summed E-state index contributed by atoms with van der Waals surface area (Å²) in [5, 5.41) is 0. The van der Waals surface area contributed by atoms with E-state index < -0.39 is 19.4 Å². The maximum Gasteiger partial charge on any atom is 0.410 e. The highest BCUT2D eigenvalue weighted by Gasteiger charge is 2.26. The standard InChI is InChI=1S/C13H26NO6P/c1-6-18-12(15)8-9-14(13(16)19-7-2)10-21(5,17)20-11(3)4/h11H,6-10H2,1-5H3. The highest BCUT2D eigenvalue weighted by atomic mass is 31.2. The van der Waals surface area contributed by atoms with Crippen molar-refractivity contribution in [2.75, 3.05) is 32.7 Å². The van der Waals surface area contributed by atoms with Crippen molar-refractivity contribution in [3.05, 3.63) is 0 Å². The lowest BCUT2D eigenvalue weighted by Gasteiger charge is -2.26. The van der Waals surface area contributed by atoms with Crippen molar-refractivity contribution in [1.82, 2.24) is 4.90 Å². The van der Waals surface area contributed by atoms with Crippen LogP contribution in [0.5, 0.6) is 0 Å². The molecule has 0 aliphatic carbocycles. The molecule has 1 amide bonds. The van der Waals surface area contributed by atoms with Crippen LogP contribution >= 0.6 is 7.37 Å². The number of carbonyl (C=O) groups is 2. The average Bonchev–Trinajstić information content (AvgIpc) is 2.33. The predicted molar refractivity (Wildman–Crippen MR) is 79.6 cm³/mol. The van der Waals surface area contributed by atoms with E-state index in [9.17, 15) is 14.2 Å². The monoisotopic (exact) mass is 323 g/mol. The van der Waals surface area contributed by atoms with Gasteiger partial charge in [0.25, 0.3) is 0 Å². The summed E-state index contributed by atoms with van der Waals surface area (Å²) >= 11 is 0. The lowest BCUT2D eigenvalue weighted by Crippen LogP contribution is -2.35. The van der Waals surface area contributed by atoms with E-state index in [0.29, 0.717) is 0 Å². The highest BCUT2D eigenvalue weighted by molar-refractivity contribution is 7.58. The third-order valence-corrected chi connectivity index (χ3v) is 4.00. The number of ether oxygens (including phenoxy) is 2. The minimum Gasteiger partial charge on any atom is -0.466 e. The summed E-state index contributed by atoms with van der Waals surface area (Å²) in [6, 6.07) is 0. The first-order valence-corrected chi connectivity index (χ1v) is 9.29. The molecule has 0 radical (unpaired) electrons. The van der Waals surface area contributed by atoms with Gasteiger partial charge in [0.1, 0.15) is 6.29 Å². The van der Waals surface area contributed by atoms with E-state index in [-0.39, 0.29) is 38.6 Å². The zero-order valence-corrected chi connectivity index (χ0v) is 14.4. The number of rotatable bonds is 9. The van der Waals surface area contributed by atoms with Gasteiger partial charge in [0, 0.05) is 13.2 Å². The maximum atomic E-state index is 12.3. The van der Waals surface area contributed by atoms with Gasteiger partial charge in [0.15, 0.2) is 0 Å². The average molecular weight is 323 g/mol. The number of hydrogen-bond acceptors (Lipinski definition) is 6. The van der Waals surface area contributed by atoms with Crippen molar-refractivity contribution in [2.24, 2.45) is 0 Å². The molecule has 8 heteroatoms. The molecule has 1 atom stereocenters. The zero-order chi connectivity index (χ0) is 16.5. The Morgan fingerprint density at radius 2 is 1.71 bits per heavy atom. The fourth-order valence-electron chi connectivity index (χ4n) is 1.68. The third kappa shape index (κ3) is 9.47. The quantitative estimate of drug-likeness (QED) is 0.479. The normalized spacial score (nSPS) is 13.6. The molecule has 0 fully saturated rings. The molecule has 124 valence electrons. The summed E-state index contributed by atoms with van der Waals surface area (Å²) in [7, 11) is -2.98. The molecule has 0 bridgehead atoms. The van der Waals surface area contributed by atoms with Crippen molar-refractivity contribution < 1.29 is 28.2 Å². The van der Waals surface area contributed by atoms with Gasteiger partial charge in [-0.3, -0.25) is 14.3 Å². The van der Waals surface area contributed by atoms with Crippen LogP contribution in [0.1, 0.15) is 34.1 Å². The summed E-state index contributed by atoms with van der Waals surface area (Å²) in [5.41, 5.74) is 0. The zero-order valence-electron chi connectivity index (χ0n) is 13.5. The molecule has 0 aromatic carbocycles. The smallest absolute Gasteiger partial charge is 0.410 e. The molecule has 7 nitrogen and oxygen atoms in total. The summed E-state index contributed by atoms with van der Waals surface area (Å²) in [5.74, 6) is -0.414. The first-order chi connectivity index (χ1) is 9.71. The van der Waals surface area contributed by atoms with Crippen molar-refractivity contribution >= 4 is 19.4 Å². The Balaban J connectivity index is 4.70. The first kappa shape index (κ1) is 19.9. The van der Waals surface area contributed by atoms with Crippen molar-refractivity contribution in [3.8, 4) is 0 Å². The van der Waals surface area contributed by atoms with Gasteiger partial charge in [0.05, 0.1) is 25.7 Å². The second kappa shape index (κ2) is 9.79. The van der Waals surface area contributed by atoms with Crippen LogP contribution in [0, 0.1) is 0 Å². The lowest BCUT2D eigenvalue weighted by molar-refractivity contribution is -0.143. The summed E-state index contributed by atoms with van der Waals surface area (Å²) in [4.78, 5) is 24.4. The molecule has 0 spiro atoms. The minimum atomic E-state index is -2.98. The third-order valence-electron chi connectivity index (χ3n) is 2.28. The molecule has 0 aromatic rings. The Bertz CT molecular complexity index is 385. The Morgan fingerprint density at radius 3 is 2.19 bits per heavy atom. The van der Waals surface area contributed by atoms with Crippen molar-refractivity contribution in [3.63, 3.8) is 0 Å². The number of nitrogens with zero attached hydrogens (tertiary/aromatic N) is 1. The van der Waals surface area contributed by atoms with Gasteiger partial charge in [-0.2, -0.15) is 0 Å². The fraction of sp³-hybridized carbons (Fsp3) is 0.846.